The molecule has 0 saturated heterocycles. The first-order chi connectivity index (χ1) is 11.8. The molecule has 1 aliphatic heterocycles. The summed E-state index contributed by atoms with van der Waals surface area (Å²) in [5.41, 5.74) is 1.70. The van der Waals surface area contributed by atoms with Crippen molar-refractivity contribution < 1.29 is 14.0 Å². The Morgan fingerprint density at radius 1 is 1.31 bits per heavy atom. The van der Waals surface area contributed by atoms with Crippen LogP contribution in [0.25, 0.3) is 0 Å². The lowest BCUT2D eigenvalue weighted by Gasteiger charge is -2.35. The van der Waals surface area contributed by atoms with Gasteiger partial charge in [-0.05, 0) is 57.8 Å². The summed E-state index contributed by atoms with van der Waals surface area (Å²) in [6.45, 7) is 18.1. The molecule has 2 heterocycles. The van der Waals surface area contributed by atoms with Gasteiger partial charge in [0.05, 0.1) is 24.9 Å². The van der Waals surface area contributed by atoms with E-state index in [1.807, 2.05) is 25.5 Å². The maximum atomic E-state index is 12.0. The van der Waals surface area contributed by atoms with Crippen molar-refractivity contribution in [3.05, 3.63) is 17.5 Å². The van der Waals surface area contributed by atoms with Crippen molar-refractivity contribution in [1.82, 2.24) is 15.1 Å². The highest BCUT2D eigenvalue weighted by Crippen LogP contribution is 2.37. The minimum atomic E-state index is -1.78. The molecule has 0 fully saturated rings. The number of rotatable bonds is 4. The summed E-state index contributed by atoms with van der Waals surface area (Å²) in [5.74, 6) is 0. The van der Waals surface area contributed by atoms with E-state index in [0.29, 0.717) is 13.2 Å². The molecule has 0 aromatic carbocycles. The smallest absolute Gasteiger partial charge is 0.407 e. The number of carbonyl (C=O) groups is 1. The number of aryl methyl sites for hydroxylation is 1. The number of hydrogen-bond donors (Lipinski definition) is 1. The molecular weight excluding hydrogens is 346 g/mol. The molecule has 1 amide bonds. The second-order valence-corrected chi connectivity index (χ2v) is 14.5. The van der Waals surface area contributed by atoms with Crippen LogP contribution in [-0.2, 0) is 28.7 Å². The standard InChI is InChI=1S/C19H35N3O3Si/c1-18(2,3)25-17(23)20-14-9-10-16-11-15(21-22(16)12-14)13-24-26(7,8)19(4,5)6/h11,14H,9-10,12-13H2,1-8H3,(H,20,23)/t14-/m0/s1. The van der Waals surface area contributed by atoms with Gasteiger partial charge >= 0.3 is 6.09 Å². The molecule has 0 bridgehead atoms. The number of alkyl carbamates (subject to hydrolysis) is 1. The van der Waals surface area contributed by atoms with E-state index in [0.717, 1.165) is 18.5 Å². The molecule has 0 radical (unpaired) electrons. The summed E-state index contributed by atoms with van der Waals surface area (Å²) in [6, 6.07) is 2.18. The second kappa shape index (κ2) is 7.35. The molecule has 2 rings (SSSR count). The van der Waals surface area contributed by atoms with Gasteiger partial charge in [-0.15, -0.1) is 0 Å². The third-order valence-electron chi connectivity index (χ3n) is 5.16. The molecular formula is C19H35N3O3Si. The van der Waals surface area contributed by atoms with E-state index in [-0.39, 0.29) is 17.2 Å². The fourth-order valence-electron chi connectivity index (χ4n) is 2.63. The molecule has 0 aliphatic carbocycles. The van der Waals surface area contributed by atoms with Crippen molar-refractivity contribution in [2.45, 2.75) is 97.3 Å². The number of ether oxygens (including phenoxy) is 1. The zero-order valence-corrected chi connectivity index (χ0v) is 18.6. The van der Waals surface area contributed by atoms with E-state index in [2.05, 4.69) is 50.3 Å². The Labute approximate surface area is 158 Å². The summed E-state index contributed by atoms with van der Waals surface area (Å²) in [7, 11) is -1.78. The molecule has 0 saturated carbocycles. The molecule has 6 nitrogen and oxygen atoms in total. The topological polar surface area (TPSA) is 65.4 Å². The van der Waals surface area contributed by atoms with Gasteiger partial charge in [0.25, 0.3) is 0 Å². The first-order valence-electron chi connectivity index (χ1n) is 9.46. The monoisotopic (exact) mass is 381 g/mol. The Hall–Kier alpha value is -1.34. The molecule has 1 aliphatic rings. The number of nitrogens with zero attached hydrogens (tertiary/aromatic N) is 2. The van der Waals surface area contributed by atoms with Gasteiger partial charge in [-0.25, -0.2) is 4.79 Å². The highest BCUT2D eigenvalue weighted by atomic mass is 28.4. The van der Waals surface area contributed by atoms with Crippen LogP contribution in [0.1, 0.15) is 59.4 Å². The normalized spacial score (nSPS) is 18.4. The Balaban J connectivity index is 1.93. The molecule has 26 heavy (non-hydrogen) atoms. The van der Waals surface area contributed by atoms with E-state index in [4.69, 9.17) is 9.16 Å². The van der Waals surface area contributed by atoms with Crippen LogP contribution in [0.3, 0.4) is 0 Å². The third kappa shape index (κ3) is 5.58. The van der Waals surface area contributed by atoms with Gasteiger partial charge < -0.3 is 14.5 Å². The van der Waals surface area contributed by atoms with E-state index in [1.165, 1.54) is 5.69 Å². The van der Waals surface area contributed by atoms with Crippen molar-refractivity contribution in [1.29, 1.82) is 0 Å². The number of aromatic nitrogens is 2. The van der Waals surface area contributed by atoms with Crippen LogP contribution in [0.15, 0.2) is 6.07 Å². The fraction of sp³-hybridized carbons (Fsp3) is 0.789. The largest absolute Gasteiger partial charge is 0.444 e. The second-order valence-electron chi connectivity index (χ2n) is 9.74. The van der Waals surface area contributed by atoms with Crippen LogP contribution in [0.2, 0.25) is 18.1 Å². The van der Waals surface area contributed by atoms with Gasteiger partial charge in [-0.3, -0.25) is 4.68 Å². The molecule has 1 N–H and O–H groups in total. The Kier molecular flexibility index (Phi) is 5.92. The maximum Gasteiger partial charge on any atom is 0.407 e. The quantitative estimate of drug-likeness (QED) is 0.792. The number of fused-ring (bicyclic) bond motifs is 1. The number of nitrogens with one attached hydrogen (secondary N) is 1. The minimum absolute atomic E-state index is 0.0476. The molecule has 0 spiro atoms. The third-order valence-corrected chi connectivity index (χ3v) is 9.64. The Morgan fingerprint density at radius 2 is 1.96 bits per heavy atom. The molecule has 1 aromatic rings. The predicted octanol–water partition coefficient (Wildman–Crippen LogP) is 4.24. The Bertz CT molecular complexity index is 641. The lowest BCUT2D eigenvalue weighted by Crippen LogP contribution is -2.43. The van der Waals surface area contributed by atoms with E-state index < -0.39 is 13.9 Å². The average Bonchev–Trinajstić information content (AvgIpc) is 2.84. The highest BCUT2D eigenvalue weighted by Gasteiger charge is 2.37. The first-order valence-corrected chi connectivity index (χ1v) is 12.4. The predicted molar refractivity (Wildman–Crippen MR) is 106 cm³/mol. The summed E-state index contributed by atoms with van der Waals surface area (Å²) < 4.78 is 13.6. The lowest BCUT2D eigenvalue weighted by atomic mass is 10.1. The van der Waals surface area contributed by atoms with E-state index in [9.17, 15) is 4.79 Å². The van der Waals surface area contributed by atoms with Crippen LogP contribution in [-0.4, -0.2) is 35.8 Å². The molecule has 148 valence electrons. The van der Waals surface area contributed by atoms with Gasteiger partial charge in [0, 0.05) is 5.69 Å². The zero-order chi connectivity index (χ0) is 19.8. The van der Waals surface area contributed by atoms with Crippen LogP contribution in [0.4, 0.5) is 4.79 Å². The van der Waals surface area contributed by atoms with Crippen molar-refractivity contribution >= 4 is 14.4 Å². The summed E-state index contributed by atoms with van der Waals surface area (Å²) in [4.78, 5) is 12.0. The van der Waals surface area contributed by atoms with Gasteiger partial charge in [0.2, 0.25) is 0 Å². The number of amides is 1. The zero-order valence-electron chi connectivity index (χ0n) is 17.6. The summed E-state index contributed by atoms with van der Waals surface area (Å²) in [5, 5.41) is 7.83. The summed E-state index contributed by atoms with van der Waals surface area (Å²) >= 11 is 0. The van der Waals surface area contributed by atoms with Crippen molar-refractivity contribution in [3.8, 4) is 0 Å². The average molecular weight is 382 g/mol. The van der Waals surface area contributed by atoms with Crippen LogP contribution < -0.4 is 5.32 Å². The van der Waals surface area contributed by atoms with Gasteiger partial charge in [-0.2, -0.15) is 5.10 Å². The van der Waals surface area contributed by atoms with Crippen LogP contribution in [0, 0.1) is 0 Å². The van der Waals surface area contributed by atoms with Crippen molar-refractivity contribution in [2.24, 2.45) is 0 Å². The first kappa shape index (κ1) is 21.0. The van der Waals surface area contributed by atoms with Crippen LogP contribution in [0.5, 0.6) is 0 Å². The maximum absolute atomic E-state index is 12.0. The molecule has 7 heteroatoms. The molecule has 0 unspecified atom stereocenters. The van der Waals surface area contributed by atoms with Crippen LogP contribution >= 0.6 is 0 Å². The van der Waals surface area contributed by atoms with E-state index >= 15 is 0 Å². The van der Waals surface area contributed by atoms with Crippen molar-refractivity contribution in [2.75, 3.05) is 0 Å². The lowest BCUT2D eigenvalue weighted by molar-refractivity contribution is 0.0491. The molecule has 1 atom stereocenters. The van der Waals surface area contributed by atoms with Gasteiger partial charge in [0.15, 0.2) is 8.32 Å². The van der Waals surface area contributed by atoms with Crippen molar-refractivity contribution in [3.63, 3.8) is 0 Å². The number of hydrogen-bond acceptors (Lipinski definition) is 4. The van der Waals surface area contributed by atoms with Gasteiger partial charge in [0.1, 0.15) is 5.60 Å². The number of carbonyl (C=O) groups excluding carboxylic acids is 1. The van der Waals surface area contributed by atoms with Gasteiger partial charge in [-0.1, -0.05) is 20.8 Å². The summed E-state index contributed by atoms with van der Waals surface area (Å²) in [6.07, 6.45) is 1.43. The SMILES string of the molecule is CC(C)(C)OC(=O)N[C@H]1CCc2cc(CO[Si](C)(C)C(C)(C)C)nn2C1. The Morgan fingerprint density at radius 3 is 2.54 bits per heavy atom. The highest BCUT2D eigenvalue weighted by molar-refractivity contribution is 6.74. The minimum Gasteiger partial charge on any atom is -0.444 e. The fourth-order valence-corrected chi connectivity index (χ4v) is 3.57. The van der Waals surface area contributed by atoms with E-state index in [1.54, 1.807) is 0 Å². The molecule has 1 aromatic heterocycles.